The van der Waals surface area contributed by atoms with E-state index in [0.717, 1.165) is 26.1 Å². The van der Waals surface area contributed by atoms with Crippen LogP contribution < -0.4 is 11.1 Å². The van der Waals surface area contributed by atoms with Gasteiger partial charge in [-0.05, 0) is 12.0 Å². The summed E-state index contributed by atoms with van der Waals surface area (Å²) in [5.74, 6) is -0.237. The number of amides is 3. The molecule has 1 fully saturated rings. The van der Waals surface area contributed by atoms with Crippen molar-refractivity contribution >= 4 is 11.9 Å². The van der Waals surface area contributed by atoms with Crippen LogP contribution in [0.25, 0.3) is 0 Å². The fourth-order valence-corrected chi connectivity index (χ4v) is 2.66. The van der Waals surface area contributed by atoms with Crippen molar-refractivity contribution in [2.75, 3.05) is 39.8 Å². The number of ether oxygens (including phenoxy) is 1. The van der Waals surface area contributed by atoms with Gasteiger partial charge in [0.2, 0.25) is 5.91 Å². The summed E-state index contributed by atoms with van der Waals surface area (Å²) in [6.07, 6.45) is 0.917. The zero-order chi connectivity index (χ0) is 17.4. The topological polar surface area (TPSA) is 87.9 Å². The van der Waals surface area contributed by atoms with Gasteiger partial charge in [-0.3, -0.25) is 9.69 Å². The molecule has 3 N–H and O–H groups in total. The lowest BCUT2D eigenvalue weighted by atomic mass is 10.2. The second kappa shape index (κ2) is 9.24. The zero-order valence-corrected chi connectivity index (χ0v) is 14.1. The molecule has 0 spiro atoms. The molecule has 1 aromatic rings. The first kappa shape index (κ1) is 18.2. The maximum atomic E-state index is 11.8. The third kappa shape index (κ3) is 6.17. The number of likely N-dealkylation sites (N-methyl/N-ethyl adjacent to an activating group) is 1. The molecule has 7 heteroatoms. The molecule has 2 rings (SSSR count). The summed E-state index contributed by atoms with van der Waals surface area (Å²) in [6.45, 7) is 3.68. The predicted octanol–water partition coefficient (Wildman–Crippen LogP) is 0.404. The van der Waals surface area contributed by atoms with Crippen LogP contribution in [0.4, 0.5) is 4.79 Å². The number of nitrogens with one attached hydrogen (secondary N) is 1. The number of benzene rings is 1. The summed E-state index contributed by atoms with van der Waals surface area (Å²) < 4.78 is 5.81. The molecule has 0 aliphatic carbocycles. The molecule has 0 saturated carbocycles. The molecule has 0 aromatic heterocycles. The molecule has 0 bridgehead atoms. The van der Waals surface area contributed by atoms with Gasteiger partial charge < -0.3 is 20.7 Å². The highest BCUT2D eigenvalue weighted by molar-refractivity contribution is 5.83. The molecule has 7 nitrogen and oxygen atoms in total. The summed E-state index contributed by atoms with van der Waals surface area (Å²) in [5.41, 5.74) is 6.38. The van der Waals surface area contributed by atoms with Gasteiger partial charge in [-0.1, -0.05) is 30.3 Å². The molecule has 3 amide bonds. The maximum absolute atomic E-state index is 11.8. The number of hydrogen-bond acceptors (Lipinski definition) is 4. The van der Waals surface area contributed by atoms with E-state index in [9.17, 15) is 9.59 Å². The fraction of sp³-hybridized carbons (Fsp3) is 0.529. The second-order valence-electron chi connectivity index (χ2n) is 6.07. The van der Waals surface area contributed by atoms with Crippen LogP contribution in [0.5, 0.6) is 0 Å². The summed E-state index contributed by atoms with van der Waals surface area (Å²) >= 11 is 0. The van der Waals surface area contributed by atoms with Crippen molar-refractivity contribution in [1.82, 2.24) is 15.1 Å². The van der Waals surface area contributed by atoms with E-state index in [4.69, 9.17) is 10.5 Å². The minimum atomic E-state index is -0.620. The van der Waals surface area contributed by atoms with Gasteiger partial charge in [0, 0.05) is 39.8 Å². The lowest BCUT2D eigenvalue weighted by Crippen LogP contribution is -2.45. The van der Waals surface area contributed by atoms with Crippen molar-refractivity contribution in [3.63, 3.8) is 0 Å². The van der Waals surface area contributed by atoms with Gasteiger partial charge in [0.1, 0.15) is 6.54 Å². The van der Waals surface area contributed by atoms with Crippen LogP contribution in [0.3, 0.4) is 0 Å². The van der Waals surface area contributed by atoms with Crippen molar-refractivity contribution in [3.8, 4) is 0 Å². The number of carbonyl (C=O) groups is 2. The van der Waals surface area contributed by atoms with Gasteiger partial charge in [0.05, 0.1) is 6.10 Å². The molecule has 1 aliphatic heterocycles. The molecule has 0 unspecified atom stereocenters. The molecule has 1 atom stereocenters. The first-order chi connectivity index (χ1) is 11.5. The Labute approximate surface area is 142 Å². The highest BCUT2D eigenvalue weighted by Crippen LogP contribution is 2.10. The van der Waals surface area contributed by atoms with Gasteiger partial charge in [-0.25, -0.2) is 4.79 Å². The molecular formula is C17H26N4O3. The Balaban J connectivity index is 1.79. The average Bonchev–Trinajstić information content (AvgIpc) is 2.79. The maximum Gasteiger partial charge on any atom is 0.314 e. The van der Waals surface area contributed by atoms with Crippen molar-refractivity contribution < 1.29 is 14.3 Å². The van der Waals surface area contributed by atoms with Crippen LogP contribution in [0.2, 0.25) is 0 Å². The Morgan fingerprint density at radius 1 is 1.38 bits per heavy atom. The van der Waals surface area contributed by atoms with E-state index in [-0.39, 0.29) is 18.6 Å². The van der Waals surface area contributed by atoms with E-state index in [2.05, 4.69) is 22.3 Å². The third-order valence-corrected chi connectivity index (χ3v) is 3.97. The molecule has 1 aliphatic rings. The van der Waals surface area contributed by atoms with Crippen molar-refractivity contribution in [2.45, 2.75) is 19.1 Å². The van der Waals surface area contributed by atoms with Crippen LogP contribution in [-0.4, -0.2) is 67.7 Å². The Kier molecular flexibility index (Phi) is 7.02. The summed E-state index contributed by atoms with van der Waals surface area (Å²) in [4.78, 5) is 26.3. The van der Waals surface area contributed by atoms with Crippen LogP contribution in [-0.2, 0) is 16.1 Å². The normalized spacial score (nSPS) is 18.6. The SMILES string of the molecule is CN(CC(=O)NC[C@@H]1CN(Cc2ccccc2)CCCO1)C(N)=O. The van der Waals surface area contributed by atoms with Crippen molar-refractivity contribution in [2.24, 2.45) is 5.73 Å². The first-order valence-electron chi connectivity index (χ1n) is 8.19. The number of hydrogen-bond donors (Lipinski definition) is 2. The van der Waals surface area contributed by atoms with Crippen molar-refractivity contribution in [3.05, 3.63) is 35.9 Å². The van der Waals surface area contributed by atoms with E-state index in [1.807, 2.05) is 18.2 Å². The van der Waals surface area contributed by atoms with Gasteiger partial charge in [-0.15, -0.1) is 0 Å². The molecule has 1 saturated heterocycles. The van der Waals surface area contributed by atoms with Gasteiger partial charge >= 0.3 is 6.03 Å². The molecule has 132 valence electrons. The quantitative estimate of drug-likeness (QED) is 0.788. The lowest BCUT2D eigenvalue weighted by molar-refractivity contribution is -0.122. The summed E-state index contributed by atoms with van der Waals surface area (Å²) in [7, 11) is 1.49. The van der Waals surface area contributed by atoms with Crippen LogP contribution in [0.15, 0.2) is 30.3 Å². The zero-order valence-electron chi connectivity index (χ0n) is 14.1. The molecule has 1 aromatic carbocycles. The monoisotopic (exact) mass is 334 g/mol. The largest absolute Gasteiger partial charge is 0.375 e. The first-order valence-corrected chi connectivity index (χ1v) is 8.19. The van der Waals surface area contributed by atoms with Gasteiger partial charge in [0.15, 0.2) is 0 Å². The highest BCUT2D eigenvalue weighted by Gasteiger charge is 2.20. The standard InChI is InChI=1S/C17H26N4O3/c1-20(17(18)23)13-16(22)19-10-15-12-21(8-5-9-24-15)11-14-6-3-2-4-7-14/h2-4,6-7,15H,5,8-13H2,1H3,(H2,18,23)(H,19,22)/t15-/m1/s1. The minimum Gasteiger partial charge on any atom is -0.375 e. The average molecular weight is 334 g/mol. The number of primary amides is 1. The summed E-state index contributed by atoms with van der Waals surface area (Å²) in [5, 5.41) is 2.81. The lowest BCUT2D eigenvalue weighted by Gasteiger charge is -2.24. The number of nitrogens with two attached hydrogens (primary N) is 1. The van der Waals surface area contributed by atoms with Crippen LogP contribution in [0, 0.1) is 0 Å². The molecule has 1 heterocycles. The number of urea groups is 1. The molecule has 24 heavy (non-hydrogen) atoms. The van der Waals surface area contributed by atoms with Crippen LogP contribution in [0.1, 0.15) is 12.0 Å². The fourth-order valence-electron chi connectivity index (χ4n) is 2.66. The minimum absolute atomic E-state index is 0.0459. The van der Waals surface area contributed by atoms with Crippen molar-refractivity contribution in [1.29, 1.82) is 0 Å². The Morgan fingerprint density at radius 3 is 2.83 bits per heavy atom. The number of nitrogens with zero attached hydrogens (tertiary/aromatic N) is 2. The van der Waals surface area contributed by atoms with E-state index in [1.54, 1.807) is 0 Å². The number of rotatable bonds is 6. The van der Waals surface area contributed by atoms with E-state index in [1.165, 1.54) is 17.5 Å². The van der Waals surface area contributed by atoms with Gasteiger partial charge in [-0.2, -0.15) is 0 Å². The molecular weight excluding hydrogens is 308 g/mol. The smallest absolute Gasteiger partial charge is 0.314 e. The van der Waals surface area contributed by atoms with E-state index >= 15 is 0 Å². The van der Waals surface area contributed by atoms with E-state index < -0.39 is 6.03 Å². The predicted molar refractivity (Wildman–Crippen MR) is 91.3 cm³/mol. The highest BCUT2D eigenvalue weighted by atomic mass is 16.5. The Hall–Kier alpha value is -2.12. The van der Waals surface area contributed by atoms with Crippen LogP contribution >= 0.6 is 0 Å². The number of carbonyl (C=O) groups excluding carboxylic acids is 2. The Morgan fingerprint density at radius 2 is 2.12 bits per heavy atom. The van der Waals surface area contributed by atoms with E-state index in [0.29, 0.717) is 13.2 Å². The Bertz CT molecular complexity index is 538. The molecule has 0 radical (unpaired) electrons. The van der Waals surface area contributed by atoms with Gasteiger partial charge in [0.25, 0.3) is 0 Å². The second-order valence-corrected chi connectivity index (χ2v) is 6.07. The summed E-state index contributed by atoms with van der Waals surface area (Å²) in [6, 6.07) is 9.69. The third-order valence-electron chi connectivity index (χ3n) is 3.97.